The molecule has 172 valence electrons. The molecule has 0 aliphatic carbocycles. The number of thiophene rings is 1. The number of hydrogen-bond acceptors (Lipinski definition) is 6. The highest BCUT2D eigenvalue weighted by Gasteiger charge is 2.22. The monoisotopic (exact) mass is 502 g/mol. The normalized spacial score (nSPS) is 10.4. The van der Waals surface area contributed by atoms with Crippen molar-refractivity contribution >= 4 is 57.1 Å². The summed E-state index contributed by atoms with van der Waals surface area (Å²) in [6.07, 6.45) is 0.752. The summed E-state index contributed by atoms with van der Waals surface area (Å²) < 4.78 is 10.8. The molecule has 0 aliphatic rings. The Labute approximate surface area is 206 Å². The van der Waals surface area contributed by atoms with E-state index in [-0.39, 0.29) is 24.0 Å². The number of carbonyl (C=O) groups is 2. The molecule has 2 N–H and O–H groups in total. The largest absolute Gasteiger partial charge is 0.494 e. The van der Waals surface area contributed by atoms with Crippen LogP contribution in [-0.2, 0) is 9.53 Å². The van der Waals surface area contributed by atoms with Crippen molar-refractivity contribution in [3.05, 3.63) is 70.6 Å². The number of hydrogen-bond donors (Lipinski definition) is 2. The van der Waals surface area contributed by atoms with Crippen LogP contribution in [0.25, 0.3) is 11.1 Å². The van der Waals surface area contributed by atoms with E-state index in [9.17, 15) is 9.59 Å². The highest BCUT2D eigenvalue weighted by atomic mass is 35.5. The lowest BCUT2D eigenvalue weighted by Gasteiger charge is -2.11. The van der Waals surface area contributed by atoms with Crippen LogP contribution in [0.15, 0.2) is 60.0 Å². The zero-order valence-electron chi connectivity index (χ0n) is 17.9. The molecule has 9 heteroatoms. The minimum absolute atomic E-state index is 0.116. The number of halogens is 1. The van der Waals surface area contributed by atoms with Crippen LogP contribution in [0.3, 0.4) is 0 Å². The molecule has 6 nitrogen and oxygen atoms in total. The number of benzene rings is 2. The number of thiocarbonyl (C=S) groups is 1. The van der Waals surface area contributed by atoms with Gasteiger partial charge in [-0.25, -0.2) is 4.79 Å². The third-order valence-corrected chi connectivity index (χ3v) is 5.82. The first-order chi connectivity index (χ1) is 16.0. The molecule has 1 amide bonds. The summed E-state index contributed by atoms with van der Waals surface area (Å²) in [5.41, 5.74) is 2.02. The molecule has 1 heterocycles. The number of nitrogens with one attached hydrogen (secondary N) is 2. The summed E-state index contributed by atoms with van der Waals surface area (Å²) >= 11 is 12.4. The fraction of sp³-hybridized carbons (Fsp3) is 0.208. The average Bonchev–Trinajstić information content (AvgIpc) is 3.22. The molecule has 0 aliphatic heterocycles. The molecule has 0 saturated carbocycles. The Balaban J connectivity index is 1.55. The molecule has 0 radical (unpaired) electrons. The van der Waals surface area contributed by atoms with Crippen LogP contribution < -0.4 is 15.4 Å². The zero-order chi connectivity index (χ0) is 23.6. The fourth-order valence-electron chi connectivity index (χ4n) is 2.96. The summed E-state index contributed by atoms with van der Waals surface area (Å²) in [5.74, 6) is -0.00582. The van der Waals surface area contributed by atoms with Crippen molar-refractivity contribution in [1.29, 1.82) is 0 Å². The molecule has 1 aromatic heterocycles. The van der Waals surface area contributed by atoms with Gasteiger partial charge in [-0.05, 0) is 55.4 Å². The number of rotatable bonds is 9. The van der Waals surface area contributed by atoms with Gasteiger partial charge in [-0.1, -0.05) is 41.9 Å². The Bertz CT molecular complexity index is 1100. The van der Waals surface area contributed by atoms with Gasteiger partial charge in [0.15, 0.2) is 5.11 Å². The van der Waals surface area contributed by atoms with E-state index >= 15 is 0 Å². The lowest BCUT2D eigenvalue weighted by Crippen LogP contribution is -2.34. The first-order valence-corrected chi connectivity index (χ1v) is 12.0. The van der Waals surface area contributed by atoms with Gasteiger partial charge in [-0.3, -0.25) is 4.79 Å². The SMILES string of the molecule is CCOC(=O)c1c(-c2ccccc2)csc1NC(=S)NC(=O)CCCOc1ccc(Cl)cc1. The maximum atomic E-state index is 12.6. The van der Waals surface area contributed by atoms with Crippen molar-refractivity contribution in [2.45, 2.75) is 19.8 Å². The number of amides is 1. The van der Waals surface area contributed by atoms with Gasteiger partial charge in [0.1, 0.15) is 16.3 Å². The van der Waals surface area contributed by atoms with E-state index in [4.69, 9.17) is 33.3 Å². The first-order valence-electron chi connectivity index (χ1n) is 10.3. The van der Waals surface area contributed by atoms with Crippen molar-refractivity contribution in [2.24, 2.45) is 0 Å². The second-order valence-electron chi connectivity index (χ2n) is 6.85. The van der Waals surface area contributed by atoms with Crippen LogP contribution in [0.4, 0.5) is 5.00 Å². The molecule has 0 saturated heterocycles. The molecular formula is C24H23ClN2O4S2. The first kappa shape index (κ1) is 24.7. The van der Waals surface area contributed by atoms with Crippen LogP contribution in [0.2, 0.25) is 5.02 Å². The fourth-order valence-corrected chi connectivity index (χ4v) is 4.33. The summed E-state index contributed by atoms with van der Waals surface area (Å²) in [5, 5.41) is 8.74. The highest BCUT2D eigenvalue weighted by molar-refractivity contribution is 7.80. The Hall–Kier alpha value is -2.94. The quantitative estimate of drug-likeness (QED) is 0.215. The van der Waals surface area contributed by atoms with Gasteiger partial charge in [-0.15, -0.1) is 11.3 Å². The predicted octanol–water partition coefficient (Wildman–Crippen LogP) is 5.92. The summed E-state index contributed by atoms with van der Waals surface area (Å²) in [4.78, 5) is 24.9. The van der Waals surface area contributed by atoms with Crippen molar-refractivity contribution in [1.82, 2.24) is 5.32 Å². The van der Waals surface area contributed by atoms with E-state index in [1.807, 2.05) is 35.7 Å². The lowest BCUT2D eigenvalue weighted by atomic mass is 10.0. The van der Waals surface area contributed by atoms with E-state index < -0.39 is 5.97 Å². The van der Waals surface area contributed by atoms with Gasteiger partial charge in [0.05, 0.1) is 13.2 Å². The standard InChI is InChI=1S/C24H23ClN2O4S2/c1-2-30-23(29)21-19(16-7-4-3-5-8-16)15-33-22(21)27-24(32)26-20(28)9-6-14-31-18-12-10-17(25)11-13-18/h3-5,7-8,10-13,15H,2,6,9,14H2,1H3,(H2,26,27,28,32). The molecule has 3 rings (SSSR count). The van der Waals surface area contributed by atoms with E-state index in [1.54, 1.807) is 31.2 Å². The maximum absolute atomic E-state index is 12.6. The molecule has 3 aromatic rings. The van der Waals surface area contributed by atoms with Crippen molar-refractivity contribution in [3.63, 3.8) is 0 Å². The van der Waals surface area contributed by atoms with E-state index in [2.05, 4.69) is 10.6 Å². The van der Waals surface area contributed by atoms with Crippen LogP contribution in [0, 0.1) is 0 Å². The van der Waals surface area contributed by atoms with Gasteiger partial charge >= 0.3 is 5.97 Å². The molecule has 0 unspecified atom stereocenters. The number of esters is 1. The maximum Gasteiger partial charge on any atom is 0.341 e. The van der Waals surface area contributed by atoms with Crippen LogP contribution >= 0.6 is 35.2 Å². The molecule has 0 spiro atoms. The van der Waals surface area contributed by atoms with Crippen molar-refractivity contribution in [3.8, 4) is 16.9 Å². The molecule has 0 fully saturated rings. The van der Waals surface area contributed by atoms with Gasteiger partial charge in [0.2, 0.25) is 5.91 Å². The topological polar surface area (TPSA) is 76.7 Å². The van der Waals surface area contributed by atoms with Gasteiger partial charge < -0.3 is 20.1 Å². The average molecular weight is 503 g/mol. The van der Waals surface area contributed by atoms with Crippen LogP contribution in [0.1, 0.15) is 30.1 Å². The number of ether oxygens (including phenoxy) is 2. The molecular weight excluding hydrogens is 480 g/mol. The smallest absolute Gasteiger partial charge is 0.341 e. The Morgan fingerprint density at radius 3 is 2.52 bits per heavy atom. The van der Waals surface area contributed by atoms with Gasteiger partial charge in [-0.2, -0.15) is 0 Å². The third kappa shape index (κ3) is 7.28. The summed E-state index contributed by atoms with van der Waals surface area (Å²) in [7, 11) is 0. The van der Waals surface area contributed by atoms with Crippen LogP contribution in [-0.4, -0.2) is 30.2 Å². The predicted molar refractivity (Wildman–Crippen MR) is 136 cm³/mol. The van der Waals surface area contributed by atoms with E-state index in [1.165, 1.54) is 11.3 Å². The van der Waals surface area contributed by atoms with Crippen molar-refractivity contribution < 1.29 is 19.1 Å². The summed E-state index contributed by atoms with van der Waals surface area (Å²) in [6.45, 7) is 2.39. The second kappa shape index (κ2) is 12.3. The lowest BCUT2D eigenvalue weighted by molar-refractivity contribution is -0.119. The summed E-state index contributed by atoms with van der Waals surface area (Å²) in [6, 6.07) is 16.6. The molecule has 33 heavy (non-hydrogen) atoms. The second-order valence-corrected chi connectivity index (χ2v) is 8.57. The number of anilines is 1. The van der Waals surface area contributed by atoms with Crippen LogP contribution in [0.5, 0.6) is 5.75 Å². The Kier molecular flexibility index (Phi) is 9.24. The molecule has 2 aromatic carbocycles. The minimum atomic E-state index is -0.450. The van der Waals surface area contributed by atoms with Gasteiger partial charge in [0.25, 0.3) is 0 Å². The highest BCUT2D eigenvalue weighted by Crippen LogP contribution is 2.36. The zero-order valence-corrected chi connectivity index (χ0v) is 20.3. The van der Waals surface area contributed by atoms with E-state index in [0.29, 0.717) is 34.4 Å². The minimum Gasteiger partial charge on any atom is -0.494 e. The van der Waals surface area contributed by atoms with E-state index in [0.717, 1.165) is 11.1 Å². The number of carbonyl (C=O) groups excluding carboxylic acids is 2. The van der Waals surface area contributed by atoms with Gasteiger partial charge in [0, 0.05) is 22.4 Å². The van der Waals surface area contributed by atoms with Crippen molar-refractivity contribution in [2.75, 3.05) is 18.5 Å². The molecule has 0 atom stereocenters. The third-order valence-electron chi connectivity index (χ3n) is 4.47. The Morgan fingerprint density at radius 2 is 1.82 bits per heavy atom. The Morgan fingerprint density at radius 1 is 1.09 bits per heavy atom. The molecule has 0 bridgehead atoms.